The summed E-state index contributed by atoms with van der Waals surface area (Å²) in [6, 6.07) is 0. The van der Waals surface area contributed by atoms with E-state index >= 15 is 0 Å². The highest BCUT2D eigenvalue weighted by molar-refractivity contribution is 4.71. The fourth-order valence-electron chi connectivity index (χ4n) is 2.94. The molecule has 1 aliphatic heterocycles. The lowest BCUT2D eigenvalue weighted by atomic mass is 10.1. The highest BCUT2D eigenvalue weighted by Gasteiger charge is 2.15. The van der Waals surface area contributed by atoms with E-state index in [4.69, 9.17) is 0 Å². The van der Waals surface area contributed by atoms with Gasteiger partial charge >= 0.3 is 0 Å². The average molecular weight is 299 g/mol. The summed E-state index contributed by atoms with van der Waals surface area (Å²) in [5.74, 6) is 0. The first-order chi connectivity index (χ1) is 10.4. The van der Waals surface area contributed by atoms with Gasteiger partial charge in [0.25, 0.3) is 0 Å². The van der Waals surface area contributed by atoms with Crippen LogP contribution in [0, 0.1) is 0 Å². The summed E-state index contributed by atoms with van der Waals surface area (Å²) >= 11 is 0. The molecule has 0 N–H and O–H groups in total. The molecule has 2 nitrogen and oxygen atoms in total. The van der Waals surface area contributed by atoms with Gasteiger partial charge in [-0.15, -0.1) is 0 Å². The van der Waals surface area contributed by atoms with Gasteiger partial charge < -0.3 is 9.80 Å². The molecule has 1 fully saturated rings. The van der Waals surface area contributed by atoms with Crippen LogP contribution in [0.5, 0.6) is 0 Å². The zero-order valence-electron chi connectivity index (χ0n) is 15.5. The zero-order valence-corrected chi connectivity index (χ0v) is 15.5. The van der Waals surface area contributed by atoms with Crippen LogP contribution in [0.2, 0.25) is 0 Å². The molecule has 0 aromatic carbocycles. The van der Waals surface area contributed by atoms with Crippen molar-refractivity contribution in [3.05, 3.63) is 0 Å². The fraction of sp³-hybridized carbons (Fsp3) is 1.00. The Morgan fingerprint density at radius 1 is 0.524 bits per heavy atom. The Kier molecular flexibility index (Phi) is 16.2. The minimum Gasteiger partial charge on any atom is -0.301 e. The van der Waals surface area contributed by atoms with E-state index in [-0.39, 0.29) is 0 Å². The minimum atomic E-state index is 1.31. The van der Waals surface area contributed by atoms with Crippen LogP contribution in [0.15, 0.2) is 0 Å². The zero-order chi connectivity index (χ0) is 15.8. The van der Waals surface area contributed by atoms with Crippen molar-refractivity contribution in [1.82, 2.24) is 9.80 Å². The van der Waals surface area contributed by atoms with Crippen LogP contribution in [-0.4, -0.2) is 49.1 Å². The third kappa shape index (κ3) is 12.2. The van der Waals surface area contributed by atoms with Crippen LogP contribution in [0.3, 0.4) is 0 Å². The van der Waals surface area contributed by atoms with E-state index in [1.165, 1.54) is 97.1 Å². The van der Waals surface area contributed by atoms with E-state index in [2.05, 4.69) is 23.6 Å². The Hall–Kier alpha value is -0.0800. The van der Waals surface area contributed by atoms with Crippen molar-refractivity contribution in [2.24, 2.45) is 0 Å². The van der Waals surface area contributed by atoms with Gasteiger partial charge in [-0.1, -0.05) is 72.6 Å². The predicted molar refractivity (Wildman–Crippen MR) is 97.1 cm³/mol. The molecule has 1 rings (SSSR count). The molecule has 0 aromatic rings. The van der Waals surface area contributed by atoms with Crippen molar-refractivity contribution in [3.63, 3.8) is 0 Å². The van der Waals surface area contributed by atoms with Gasteiger partial charge in [-0.2, -0.15) is 0 Å². The quantitative estimate of drug-likeness (QED) is 0.485. The Labute approximate surface area is 135 Å². The summed E-state index contributed by atoms with van der Waals surface area (Å²) in [7, 11) is 0. The summed E-state index contributed by atoms with van der Waals surface area (Å²) in [5.41, 5.74) is 0. The van der Waals surface area contributed by atoms with Crippen molar-refractivity contribution in [2.45, 2.75) is 85.5 Å². The van der Waals surface area contributed by atoms with E-state index in [9.17, 15) is 0 Å². The summed E-state index contributed by atoms with van der Waals surface area (Å²) in [5, 5.41) is 0. The molecule has 0 spiro atoms. The molecule has 1 aliphatic rings. The van der Waals surface area contributed by atoms with E-state index in [0.29, 0.717) is 0 Å². The lowest BCUT2D eigenvalue weighted by molar-refractivity contribution is 0.129. The lowest BCUT2D eigenvalue weighted by Crippen LogP contribution is -2.46. The molecule has 2 heteroatoms. The molecule has 0 aliphatic carbocycles. The van der Waals surface area contributed by atoms with Crippen molar-refractivity contribution >= 4 is 0 Å². The van der Waals surface area contributed by atoms with Crippen LogP contribution in [0.4, 0.5) is 0 Å². The van der Waals surface area contributed by atoms with Crippen LogP contribution in [-0.2, 0) is 0 Å². The smallest absolute Gasteiger partial charge is 0.0110 e. The molecule has 0 unspecified atom stereocenters. The van der Waals surface area contributed by atoms with Gasteiger partial charge in [-0.25, -0.2) is 0 Å². The minimum absolute atomic E-state index is 1.31. The Morgan fingerprint density at radius 3 is 1.24 bits per heavy atom. The van der Waals surface area contributed by atoms with Gasteiger partial charge in [-0.3, -0.25) is 0 Å². The third-order valence-electron chi connectivity index (χ3n) is 4.37. The second-order valence-electron chi connectivity index (χ2n) is 6.16. The first-order valence-electron chi connectivity index (χ1n) is 9.81. The number of unbranched alkanes of at least 4 members (excludes halogenated alkanes) is 7. The number of piperazine rings is 1. The maximum atomic E-state index is 2.68. The van der Waals surface area contributed by atoms with Gasteiger partial charge in [0.2, 0.25) is 0 Å². The standard InChI is InChI=1S/C17H36N2.C2H6/c1-3-5-7-9-11-13-19-16-14-18(15-17-19)12-10-8-6-4-2;1-2/h3-17H2,1-2H3;1-2H3. The Morgan fingerprint density at radius 2 is 0.857 bits per heavy atom. The molecule has 0 amide bonds. The monoisotopic (exact) mass is 298 g/mol. The molecule has 21 heavy (non-hydrogen) atoms. The second-order valence-corrected chi connectivity index (χ2v) is 6.16. The largest absolute Gasteiger partial charge is 0.301 e. The molecule has 0 radical (unpaired) electrons. The molecule has 0 saturated carbocycles. The first-order valence-corrected chi connectivity index (χ1v) is 9.81. The van der Waals surface area contributed by atoms with Gasteiger partial charge in [0.1, 0.15) is 0 Å². The van der Waals surface area contributed by atoms with Gasteiger partial charge in [0.15, 0.2) is 0 Å². The van der Waals surface area contributed by atoms with Crippen molar-refractivity contribution in [1.29, 1.82) is 0 Å². The SMILES string of the molecule is CC.CCCCCCCN1CCN(CCCCCC)CC1. The maximum absolute atomic E-state index is 2.68. The molecule has 128 valence electrons. The van der Waals surface area contributed by atoms with Crippen LogP contribution < -0.4 is 0 Å². The number of rotatable bonds is 11. The number of nitrogens with zero attached hydrogens (tertiary/aromatic N) is 2. The number of hydrogen-bond acceptors (Lipinski definition) is 2. The van der Waals surface area contributed by atoms with Gasteiger partial charge in [-0.05, 0) is 25.9 Å². The van der Waals surface area contributed by atoms with E-state index in [1.807, 2.05) is 13.8 Å². The van der Waals surface area contributed by atoms with Crippen molar-refractivity contribution < 1.29 is 0 Å². The highest BCUT2D eigenvalue weighted by Crippen LogP contribution is 2.08. The van der Waals surface area contributed by atoms with Crippen molar-refractivity contribution in [2.75, 3.05) is 39.3 Å². The van der Waals surface area contributed by atoms with Crippen LogP contribution in [0.1, 0.15) is 85.5 Å². The molecule has 1 saturated heterocycles. The van der Waals surface area contributed by atoms with Gasteiger partial charge in [0.05, 0.1) is 0 Å². The fourth-order valence-corrected chi connectivity index (χ4v) is 2.94. The summed E-state index contributed by atoms with van der Waals surface area (Å²) in [4.78, 5) is 5.34. The van der Waals surface area contributed by atoms with Gasteiger partial charge in [0, 0.05) is 26.2 Å². The first kappa shape index (κ1) is 20.9. The summed E-state index contributed by atoms with van der Waals surface area (Å²) in [6.07, 6.45) is 12.7. The summed E-state index contributed by atoms with van der Waals surface area (Å²) in [6.45, 7) is 16.5. The predicted octanol–water partition coefficient (Wildman–Crippen LogP) is 5.18. The van der Waals surface area contributed by atoms with E-state index < -0.39 is 0 Å². The average Bonchev–Trinajstić information content (AvgIpc) is 2.55. The molecular formula is C19H42N2. The number of hydrogen-bond donors (Lipinski definition) is 0. The normalized spacial score (nSPS) is 16.6. The van der Waals surface area contributed by atoms with E-state index in [1.54, 1.807) is 0 Å². The van der Waals surface area contributed by atoms with E-state index in [0.717, 1.165) is 0 Å². The highest BCUT2D eigenvalue weighted by atomic mass is 15.3. The second kappa shape index (κ2) is 16.3. The Bertz CT molecular complexity index is 186. The molecule has 1 heterocycles. The van der Waals surface area contributed by atoms with Crippen LogP contribution in [0.25, 0.3) is 0 Å². The summed E-state index contributed by atoms with van der Waals surface area (Å²) < 4.78 is 0. The Balaban J connectivity index is 0.00000191. The molecular weight excluding hydrogens is 256 g/mol. The molecule has 0 aromatic heterocycles. The molecule has 0 bridgehead atoms. The third-order valence-corrected chi connectivity index (χ3v) is 4.37. The van der Waals surface area contributed by atoms with Crippen LogP contribution >= 0.6 is 0 Å². The maximum Gasteiger partial charge on any atom is 0.0110 e. The van der Waals surface area contributed by atoms with Crippen molar-refractivity contribution in [3.8, 4) is 0 Å². The molecule has 0 atom stereocenters. The topological polar surface area (TPSA) is 6.48 Å². The lowest BCUT2D eigenvalue weighted by Gasteiger charge is -2.34.